The predicted molar refractivity (Wildman–Crippen MR) is 72.6 cm³/mol. The van der Waals surface area contributed by atoms with E-state index >= 15 is 0 Å². The summed E-state index contributed by atoms with van der Waals surface area (Å²) in [6, 6.07) is 3.41. The van der Waals surface area contributed by atoms with Crippen LogP contribution >= 0.6 is 0 Å². The monoisotopic (exact) mass is 300 g/mol. The third-order valence-corrected chi connectivity index (χ3v) is 4.16. The molecule has 1 amide bonds. The molecule has 0 aromatic carbocycles. The molecule has 1 aliphatic rings. The first kappa shape index (κ1) is 15.8. The Morgan fingerprint density at radius 3 is 2.57 bits per heavy atom. The van der Waals surface area contributed by atoms with E-state index in [9.17, 15) is 18.0 Å². The summed E-state index contributed by atoms with van der Waals surface area (Å²) in [4.78, 5) is 17.6. The number of aryl methyl sites for hydroxylation is 1. The van der Waals surface area contributed by atoms with Crippen molar-refractivity contribution in [2.24, 2.45) is 5.41 Å². The second-order valence-electron chi connectivity index (χ2n) is 5.87. The number of halogens is 3. The molecular weight excluding hydrogens is 281 g/mol. The molecule has 0 spiro atoms. The van der Waals surface area contributed by atoms with Gasteiger partial charge in [0, 0.05) is 31.4 Å². The van der Waals surface area contributed by atoms with Gasteiger partial charge in [0.05, 0.1) is 0 Å². The first-order valence-corrected chi connectivity index (χ1v) is 6.93. The Hall–Kier alpha value is -1.59. The van der Waals surface area contributed by atoms with Crippen molar-refractivity contribution in [3.8, 4) is 0 Å². The highest BCUT2D eigenvalue weighted by Gasteiger charge is 2.69. The standard InChI is InChI=1S/C15H19F3N2O/c1-10-4-7-19-12(8-10)9-11(2)20(3)13(21)14(5-6-14)15(16,17)18/h4,7-8,11H,5-6,9H2,1-3H3/t11-/m0/s1. The first-order chi connectivity index (χ1) is 9.67. The normalized spacial score (nSPS) is 18.2. The molecule has 0 radical (unpaired) electrons. The molecule has 0 N–H and O–H groups in total. The Kier molecular flexibility index (Phi) is 4.00. The molecule has 1 aromatic rings. The fourth-order valence-electron chi connectivity index (χ4n) is 2.43. The van der Waals surface area contributed by atoms with Gasteiger partial charge in [-0.2, -0.15) is 13.2 Å². The number of hydrogen-bond donors (Lipinski definition) is 0. The third kappa shape index (κ3) is 3.04. The van der Waals surface area contributed by atoms with Gasteiger partial charge in [0.1, 0.15) is 5.41 Å². The number of aromatic nitrogens is 1. The van der Waals surface area contributed by atoms with Crippen LogP contribution in [0.4, 0.5) is 13.2 Å². The Morgan fingerprint density at radius 1 is 1.48 bits per heavy atom. The van der Waals surface area contributed by atoms with E-state index < -0.39 is 17.5 Å². The highest BCUT2D eigenvalue weighted by molar-refractivity contribution is 5.86. The molecule has 1 aromatic heterocycles. The maximum absolute atomic E-state index is 13.0. The number of rotatable bonds is 4. The van der Waals surface area contributed by atoms with Gasteiger partial charge in [0.2, 0.25) is 5.91 Å². The molecule has 1 atom stereocenters. The molecule has 1 heterocycles. The van der Waals surface area contributed by atoms with Crippen molar-refractivity contribution in [2.75, 3.05) is 7.05 Å². The highest BCUT2D eigenvalue weighted by atomic mass is 19.4. The number of amides is 1. The molecule has 6 heteroatoms. The van der Waals surface area contributed by atoms with Crippen molar-refractivity contribution in [2.45, 2.75) is 45.3 Å². The number of carbonyl (C=O) groups excluding carboxylic acids is 1. The molecule has 0 saturated heterocycles. The fraction of sp³-hybridized carbons (Fsp3) is 0.600. The minimum absolute atomic E-state index is 0.102. The van der Waals surface area contributed by atoms with E-state index in [4.69, 9.17) is 0 Å². The number of likely N-dealkylation sites (N-methyl/N-ethyl adjacent to an activating group) is 1. The Balaban J connectivity index is 2.06. The number of pyridine rings is 1. The summed E-state index contributed by atoms with van der Waals surface area (Å²) in [5.74, 6) is -0.824. The zero-order valence-electron chi connectivity index (χ0n) is 12.4. The van der Waals surface area contributed by atoms with Crippen LogP contribution in [0.2, 0.25) is 0 Å². The van der Waals surface area contributed by atoms with E-state index in [-0.39, 0.29) is 18.9 Å². The summed E-state index contributed by atoms with van der Waals surface area (Å²) in [6.07, 6.45) is -2.56. The summed E-state index contributed by atoms with van der Waals surface area (Å²) < 4.78 is 39.0. The maximum Gasteiger partial charge on any atom is 0.403 e. The maximum atomic E-state index is 13.0. The van der Waals surface area contributed by atoms with Crippen molar-refractivity contribution >= 4 is 5.91 Å². The summed E-state index contributed by atoms with van der Waals surface area (Å²) in [5.41, 5.74) is -0.329. The second kappa shape index (κ2) is 5.31. The molecule has 3 nitrogen and oxygen atoms in total. The minimum atomic E-state index is -4.46. The van der Waals surface area contributed by atoms with Crippen LogP contribution in [-0.4, -0.2) is 35.1 Å². The number of alkyl halides is 3. The van der Waals surface area contributed by atoms with E-state index in [1.807, 2.05) is 19.1 Å². The second-order valence-corrected chi connectivity index (χ2v) is 5.87. The van der Waals surface area contributed by atoms with E-state index in [0.717, 1.165) is 11.3 Å². The highest BCUT2D eigenvalue weighted by Crippen LogP contribution is 2.58. The van der Waals surface area contributed by atoms with Gasteiger partial charge in [-0.3, -0.25) is 9.78 Å². The van der Waals surface area contributed by atoms with Gasteiger partial charge in [-0.25, -0.2) is 0 Å². The topological polar surface area (TPSA) is 33.2 Å². The van der Waals surface area contributed by atoms with E-state index in [1.165, 1.54) is 11.9 Å². The number of nitrogens with zero attached hydrogens (tertiary/aromatic N) is 2. The summed E-state index contributed by atoms with van der Waals surface area (Å²) in [7, 11) is 1.44. The van der Waals surface area contributed by atoms with Gasteiger partial charge in [-0.05, 0) is 44.4 Å². The van der Waals surface area contributed by atoms with E-state index in [1.54, 1.807) is 13.1 Å². The lowest BCUT2D eigenvalue weighted by atomic mass is 10.0. The quantitative estimate of drug-likeness (QED) is 0.856. The number of carbonyl (C=O) groups is 1. The van der Waals surface area contributed by atoms with Gasteiger partial charge < -0.3 is 4.90 Å². The summed E-state index contributed by atoms with van der Waals surface area (Å²) in [5, 5.41) is 0. The van der Waals surface area contributed by atoms with Crippen molar-refractivity contribution < 1.29 is 18.0 Å². The van der Waals surface area contributed by atoms with Gasteiger partial charge in [-0.15, -0.1) is 0 Å². The summed E-state index contributed by atoms with van der Waals surface area (Å²) in [6.45, 7) is 3.67. The van der Waals surface area contributed by atoms with Gasteiger partial charge in [0.15, 0.2) is 0 Å². The van der Waals surface area contributed by atoms with Gasteiger partial charge in [-0.1, -0.05) is 0 Å². The fourth-order valence-corrected chi connectivity index (χ4v) is 2.43. The third-order valence-electron chi connectivity index (χ3n) is 4.16. The Bertz CT molecular complexity index is 538. The first-order valence-electron chi connectivity index (χ1n) is 6.93. The molecule has 21 heavy (non-hydrogen) atoms. The van der Waals surface area contributed by atoms with E-state index in [2.05, 4.69) is 4.98 Å². The lowest BCUT2D eigenvalue weighted by Gasteiger charge is -2.30. The largest absolute Gasteiger partial charge is 0.403 e. The zero-order chi connectivity index (χ0) is 15.8. The number of hydrogen-bond acceptors (Lipinski definition) is 2. The minimum Gasteiger partial charge on any atom is -0.342 e. The molecule has 1 aliphatic carbocycles. The molecule has 0 bridgehead atoms. The Morgan fingerprint density at radius 2 is 2.10 bits per heavy atom. The Labute approximate surface area is 122 Å². The van der Waals surface area contributed by atoms with Crippen LogP contribution in [0.1, 0.15) is 31.0 Å². The molecule has 0 aliphatic heterocycles. The van der Waals surface area contributed by atoms with Crippen molar-refractivity contribution in [3.63, 3.8) is 0 Å². The van der Waals surface area contributed by atoms with E-state index in [0.29, 0.717) is 6.42 Å². The molecule has 116 valence electrons. The van der Waals surface area contributed by atoms with Crippen LogP contribution in [-0.2, 0) is 11.2 Å². The predicted octanol–water partition coefficient (Wildman–Crippen LogP) is 3.12. The summed E-state index contributed by atoms with van der Waals surface area (Å²) >= 11 is 0. The van der Waals surface area contributed by atoms with Crippen molar-refractivity contribution in [3.05, 3.63) is 29.6 Å². The van der Waals surface area contributed by atoms with Crippen LogP contribution < -0.4 is 0 Å². The molecule has 2 rings (SSSR count). The smallest absolute Gasteiger partial charge is 0.342 e. The lowest BCUT2D eigenvalue weighted by Crippen LogP contribution is -2.46. The van der Waals surface area contributed by atoms with Crippen LogP contribution in [0.25, 0.3) is 0 Å². The van der Waals surface area contributed by atoms with Crippen molar-refractivity contribution in [1.29, 1.82) is 0 Å². The van der Waals surface area contributed by atoms with Crippen molar-refractivity contribution in [1.82, 2.24) is 9.88 Å². The SMILES string of the molecule is Cc1ccnc(C[C@H](C)N(C)C(=O)C2(C(F)(F)F)CC2)c1. The molecule has 1 fully saturated rings. The molecule has 1 saturated carbocycles. The van der Waals surface area contributed by atoms with Crippen LogP contribution in [0.15, 0.2) is 18.3 Å². The van der Waals surface area contributed by atoms with Gasteiger partial charge in [0.25, 0.3) is 0 Å². The van der Waals surface area contributed by atoms with Crippen LogP contribution in [0.3, 0.4) is 0 Å². The molecule has 0 unspecified atom stereocenters. The average Bonchev–Trinajstić information content (AvgIpc) is 3.17. The molecular formula is C15H19F3N2O. The average molecular weight is 300 g/mol. The van der Waals surface area contributed by atoms with Crippen LogP contribution in [0, 0.1) is 12.3 Å². The van der Waals surface area contributed by atoms with Crippen LogP contribution in [0.5, 0.6) is 0 Å². The zero-order valence-corrected chi connectivity index (χ0v) is 12.4. The lowest BCUT2D eigenvalue weighted by molar-refractivity contribution is -0.198. The van der Waals surface area contributed by atoms with Gasteiger partial charge >= 0.3 is 6.18 Å².